The minimum absolute atomic E-state index is 0.117. The van der Waals surface area contributed by atoms with E-state index in [9.17, 15) is 5.11 Å². The van der Waals surface area contributed by atoms with Crippen LogP contribution in [0.25, 0.3) is 0 Å². The zero-order valence-corrected chi connectivity index (χ0v) is 12.8. The number of hydrogen-bond donors (Lipinski definition) is 2. The molecule has 0 spiro atoms. The fourth-order valence-corrected chi connectivity index (χ4v) is 3.63. The van der Waals surface area contributed by atoms with Crippen molar-refractivity contribution >= 4 is 11.6 Å². The molecule has 3 rings (SSSR count). The maximum Gasteiger partial charge on any atom is 0.125 e. The van der Waals surface area contributed by atoms with Gasteiger partial charge < -0.3 is 15.2 Å². The third kappa shape index (κ3) is 2.54. The Morgan fingerprint density at radius 2 is 1.90 bits per heavy atom. The number of hydrogen-bond acceptors (Lipinski definition) is 3. The molecule has 0 bridgehead atoms. The molecule has 1 aliphatic heterocycles. The average molecular weight is 296 g/mol. The first-order valence-electron chi connectivity index (χ1n) is 7.37. The molecule has 0 unspecified atom stereocenters. The van der Waals surface area contributed by atoms with Gasteiger partial charge in [-0.15, -0.1) is 0 Å². The molecule has 1 saturated heterocycles. The van der Waals surface area contributed by atoms with Crippen LogP contribution in [0.4, 0.5) is 0 Å². The Morgan fingerprint density at radius 3 is 2.65 bits per heavy atom. The average Bonchev–Trinajstić information content (AvgIpc) is 2.86. The molecule has 2 aliphatic rings. The Kier molecular flexibility index (Phi) is 3.93. The van der Waals surface area contributed by atoms with Crippen LogP contribution in [0, 0.1) is 25.7 Å². The van der Waals surface area contributed by atoms with Crippen LogP contribution in [0.1, 0.15) is 24.0 Å². The van der Waals surface area contributed by atoms with E-state index in [2.05, 4.69) is 5.32 Å². The van der Waals surface area contributed by atoms with Gasteiger partial charge in [0.05, 0.1) is 11.1 Å². The van der Waals surface area contributed by atoms with Crippen molar-refractivity contribution in [1.29, 1.82) is 0 Å². The Morgan fingerprint density at radius 1 is 1.20 bits per heavy atom. The molecular formula is C16H22ClNO2. The molecular weight excluding hydrogens is 274 g/mol. The first kappa shape index (κ1) is 14.2. The summed E-state index contributed by atoms with van der Waals surface area (Å²) in [7, 11) is 0. The molecule has 110 valence electrons. The van der Waals surface area contributed by atoms with Gasteiger partial charge in [-0.1, -0.05) is 17.7 Å². The van der Waals surface area contributed by atoms with Crippen molar-refractivity contribution in [3.8, 4) is 5.75 Å². The van der Waals surface area contributed by atoms with E-state index in [-0.39, 0.29) is 12.2 Å². The summed E-state index contributed by atoms with van der Waals surface area (Å²) in [5.74, 6) is 2.03. The molecule has 2 N–H and O–H groups in total. The summed E-state index contributed by atoms with van der Waals surface area (Å²) in [5.41, 5.74) is 2.02. The molecule has 1 aromatic carbocycles. The van der Waals surface area contributed by atoms with Gasteiger partial charge in [0.15, 0.2) is 0 Å². The number of aryl methyl sites for hydroxylation is 1. The van der Waals surface area contributed by atoms with Crippen molar-refractivity contribution in [2.75, 3.05) is 13.1 Å². The largest absolute Gasteiger partial charge is 0.487 e. The maximum absolute atomic E-state index is 10.3. The molecule has 1 aliphatic carbocycles. The smallest absolute Gasteiger partial charge is 0.125 e. The number of benzene rings is 1. The van der Waals surface area contributed by atoms with Crippen LogP contribution < -0.4 is 10.1 Å². The zero-order valence-electron chi connectivity index (χ0n) is 12.0. The SMILES string of the molecule is Cc1ccc(O[C@@H]2C[C@@H]3CNC[C@@H]3C[C@H]2O)c(C)c1Cl. The lowest BCUT2D eigenvalue weighted by molar-refractivity contribution is -0.0234. The molecule has 3 nitrogen and oxygen atoms in total. The van der Waals surface area contributed by atoms with Gasteiger partial charge in [0.25, 0.3) is 0 Å². The molecule has 0 radical (unpaired) electrons. The van der Waals surface area contributed by atoms with Crippen LogP contribution in [0.2, 0.25) is 5.02 Å². The lowest BCUT2D eigenvalue weighted by Gasteiger charge is -2.35. The van der Waals surface area contributed by atoms with E-state index in [1.54, 1.807) is 0 Å². The second kappa shape index (κ2) is 5.55. The van der Waals surface area contributed by atoms with Gasteiger partial charge in [-0.25, -0.2) is 0 Å². The Bertz CT molecular complexity index is 505. The van der Waals surface area contributed by atoms with Gasteiger partial charge in [0.1, 0.15) is 11.9 Å². The summed E-state index contributed by atoms with van der Waals surface area (Å²) >= 11 is 6.27. The minimum atomic E-state index is -0.379. The molecule has 1 heterocycles. The summed E-state index contributed by atoms with van der Waals surface area (Å²) in [6.45, 7) is 6.04. The topological polar surface area (TPSA) is 41.5 Å². The van der Waals surface area contributed by atoms with Crippen LogP contribution in [0.15, 0.2) is 12.1 Å². The Hall–Kier alpha value is -0.770. The van der Waals surface area contributed by atoms with Gasteiger partial charge in [0.2, 0.25) is 0 Å². The van der Waals surface area contributed by atoms with Crippen molar-refractivity contribution in [3.63, 3.8) is 0 Å². The highest BCUT2D eigenvalue weighted by Crippen LogP contribution is 2.36. The predicted molar refractivity (Wildman–Crippen MR) is 80.4 cm³/mol. The van der Waals surface area contributed by atoms with Gasteiger partial charge >= 0.3 is 0 Å². The van der Waals surface area contributed by atoms with Crippen LogP contribution in [0.3, 0.4) is 0 Å². The lowest BCUT2D eigenvalue weighted by Crippen LogP contribution is -2.42. The summed E-state index contributed by atoms with van der Waals surface area (Å²) in [6, 6.07) is 3.93. The predicted octanol–water partition coefficient (Wildman–Crippen LogP) is 2.69. The normalized spacial score (nSPS) is 33.0. The van der Waals surface area contributed by atoms with Crippen LogP contribution in [-0.4, -0.2) is 30.4 Å². The Balaban J connectivity index is 1.75. The number of fused-ring (bicyclic) bond motifs is 1. The van der Waals surface area contributed by atoms with Gasteiger partial charge in [-0.05, 0) is 63.2 Å². The van der Waals surface area contributed by atoms with Gasteiger partial charge in [-0.2, -0.15) is 0 Å². The van der Waals surface area contributed by atoms with Crippen LogP contribution in [0.5, 0.6) is 5.75 Å². The highest BCUT2D eigenvalue weighted by Gasteiger charge is 2.40. The molecule has 2 fully saturated rings. The second-order valence-electron chi connectivity index (χ2n) is 6.19. The standard InChI is InChI=1S/C16H22ClNO2/c1-9-3-4-14(10(2)16(9)17)20-15-6-12-8-18-7-11(12)5-13(15)19/h3-4,11-13,15,18-19H,5-8H2,1-2H3/t11-,12+,13+,15+/m0/s1. The third-order valence-corrected chi connectivity index (χ3v) is 5.38. The number of rotatable bonds is 2. The fourth-order valence-electron chi connectivity index (χ4n) is 3.48. The van der Waals surface area contributed by atoms with Gasteiger partial charge in [-0.3, -0.25) is 0 Å². The molecule has 4 heteroatoms. The van der Waals surface area contributed by atoms with E-state index in [1.165, 1.54) is 0 Å². The van der Waals surface area contributed by atoms with Crippen molar-refractivity contribution in [2.24, 2.45) is 11.8 Å². The molecule has 0 aromatic heterocycles. The van der Waals surface area contributed by atoms with Crippen LogP contribution in [-0.2, 0) is 0 Å². The summed E-state index contributed by atoms with van der Waals surface area (Å²) < 4.78 is 6.08. The number of halogens is 1. The zero-order chi connectivity index (χ0) is 14.3. The quantitative estimate of drug-likeness (QED) is 0.881. The van der Waals surface area contributed by atoms with E-state index >= 15 is 0 Å². The highest BCUT2D eigenvalue weighted by atomic mass is 35.5. The molecule has 0 amide bonds. The highest BCUT2D eigenvalue weighted by molar-refractivity contribution is 6.32. The second-order valence-corrected chi connectivity index (χ2v) is 6.57. The van der Waals surface area contributed by atoms with E-state index in [0.29, 0.717) is 11.8 Å². The summed E-state index contributed by atoms with van der Waals surface area (Å²) in [4.78, 5) is 0. The Labute approximate surface area is 125 Å². The number of ether oxygens (including phenoxy) is 1. The molecule has 4 atom stereocenters. The first-order chi connectivity index (χ1) is 9.56. The molecule has 20 heavy (non-hydrogen) atoms. The van der Waals surface area contributed by atoms with Crippen molar-refractivity contribution < 1.29 is 9.84 Å². The van der Waals surface area contributed by atoms with Crippen molar-refractivity contribution in [3.05, 3.63) is 28.3 Å². The molecule has 1 aromatic rings. The summed E-state index contributed by atoms with van der Waals surface area (Å²) in [5, 5.41) is 14.5. The van der Waals surface area contributed by atoms with Crippen molar-refractivity contribution in [2.45, 2.75) is 38.9 Å². The number of aliphatic hydroxyl groups is 1. The number of aliphatic hydroxyl groups excluding tert-OH is 1. The van der Waals surface area contributed by atoms with E-state index in [0.717, 1.165) is 47.8 Å². The van der Waals surface area contributed by atoms with E-state index in [1.807, 2.05) is 26.0 Å². The minimum Gasteiger partial charge on any atom is -0.487 e. The van der Waals surface area contributed by atoms with E-state index in [4.69, 9.17) is 16.3 Å². The van der Waals surface area contributed by atoms with Crippen LogP contribution >= 0.6 is 11.6 Å². The maximum atomic E-state index is 10.3. The van der Waals surface area contributed by atoms with Gasteiger partial charge in [0, 0.05) is 5.56 Å². The van der Waals surface area contributed by atoms with E-state index < -0.39 is 0 Å². The summed E-state index contributed by atoms with van der Waals surface area (Å²) in [6.07, 6.45) is 1.26. The van der Waals surface area contributed by atoms with Crippen molar-refractivity contribution in [1.82, 2.24) is 5.32 Å². The number of nitrogens with one attached hydrogen (secondary N) is 1. The fraction of sp³-hybridized carbons (Fsp3) is 0.625. The lowest BCUT2D eigenvalue weighted by atomic mass is 9.78. The third-order valence-electron chi connectivity index (χ3n) is 4.80. The monoisotopic (exact) mass is 295 g/mol. The molecule has 1 saturated carbocycles. The first-order valence-corrected chi connectivity index (χ1v) is 7.75.